The van der Waals surface area contributed by atoms with Crippen LogP contribution >= 0.6 is 0 Å². The summed E-state index contributed by atoms with van der Waals surface area (Å²) in [5, 5.41) is 24.9. The van der Waals surface area contributed by atoms with Crippen LogP contribution in [-0.2, 0) is 26.0 Å². The predicted molar refractivity (Wildman–Crippen MR) is 146 cm³/mol. The first-order valence-electron chi connectivity index (χ1n) is 12.2. The molecule has 220 valence electrons. The zero-order valence-corrected chi connectivity index (χ0v) is 23.3. The van der Waals surface area contributed by atoms with Gasteiger partial charge in [-0.15, -0.1) is 0 Å². The van der Waals surface area contributed by atoms with E-state index in [0.29, 0.717) is 44.8 Å². The second-order valence-electron chi connectivity index (χ2n) is 8.31. The number of carboxylic acid groups (broad SMARTS) is 2. The molecule has 0 saturated heterocycles. The number of nitrogens with one attached hydrogen (secondary N) is 1. The van der Waals surface area contributed by atoms with Crippen LogP contribution in [-0.4, -0.2) is 69.0 Å². The molecule has 0 aromatic heterocycles. The number of carbonyl (C=O) groups is 2. The van der Waals surface area contributed by atoms with Crippen LogP contribution in [0.2, 0.25) is 0 Å². The van der Waals surface area contributed by atoms with Crippen LogP contribution in [0.4, 0.5) is 0 Å². The summed E-state index contributed by atoms with van der Waals surface area (Å²) >= 11 is 0. The van der Waals surface area contributed by atoms with Gasteiger partial charge in [0.1, 0.15) is 17.3 Å². The van der Waals surface area contributed by atoms with Crippen LogP contribution in [0.25, 0.3) is 0 Å². The third-order valence-electron chi connectivity index (χ3n) is 5.11. The second kappa shape index (κ2) is 18.8. The van der Waals surface area contributed by atoms with Crippen LogP contribution < -0.4 is 24.7 Å². The fourth-order valence-electron chi connectivity index (χ4n) is 3.36. The number of para-hydroxylation sites is 2. The quantitative estimate of drug-likeness (QED) is 0.216. The average molecular weight is 573 g/mol. The van der Waals surface area contributed by atoms with Gasteiger partial charge in [0.25, 0.3) is 0 Å². The first-order chi connectivity index (χ1) is 18.0. The number of benzene rings is 2. The van der Waals surface area contributed by atoms with Gasteiger partial charge in [-0.05, 0) is 62.9 Å². The normalized spacial score (nSPS) is 11.3. The van der Waals surface area contributed by atoms with Gasteiger partial charge in [0.05, 0.1) is 13.7 Å². The summed E-state index contributed by atoms with van der Waals surface area (Å²) in [4.78, 5) is 19.8. The van der Waals surface area contributed by atoms with Crippen molar-refractivity contribution in [3.8, 4) is 17.2 Å². The van der Waals surface area contributed by atoms with Gasteiger partial charge < -0.3 is 35.2 Å². The molecule has 39 heavy (non-hydrogen) atoms. The first kappa shape index (κ1) is 35.6. The number of ether oxygens (including phenoxy) is 3. The Morgan fingerprint density at radius 2 is 1.54 bits per heavy atom. The number of methoxy groups -OCH3 is 1. The predicted octanol–water partition coefficient (Wildman–Crippen LogP) is 2.23. The van der Waals surface area contributed by atoms with Crippen LogP contribution in [0.3, 0.4) is 0 Å². The number of hydrogen-bond donors (Lipinski definition) is 4. The molecule has 0 radical (unpaired) electrons. The highest BCUT2D eigenvalue weighted by molar-refractivity contribution is 7.89. The Morgan fingerprint density at radius 1 is 0.974 bits per heavy atom. The summed E-state index contributed by atoms with van der Waals surface area (Å²) in [6.07, 6.45) is 1.66. The van der Waals surface area contributed by atoms with Crippen molar-refractivity contribution in [2.45, 2.75) is 56.9 Å². The molecule has 2 aromatic rings. The number of sulfonamides is 1. The Hall–Kier alpha value is -3.39. The van der Waals surface area contributed by atoms with E-state index in [1.807, 2.05) is 44.2 Å². The van der Waals surface area contributed by atoms with Crippen LogP contribution in [0.5, 0.6) is 17.2 Å². The molecule has 0 amide bonds. The largest absolute Gasteiger partial charge is 0.495 e. The molecule has 0 unspecified atom stereocenters. The molecule has 0 aliphatic rings. The fraction of sp³-hybridized carbons (Fsp3) is 0.462. The lowest BCUT2D eigenvalue weighted by Crippen LogP contribution is -2.32. The highest BCUT2D eigenvalue weighted by atomic mass is 32.2. The van der Waals surface area contributed by atoms with Crippen molar-refractivity contribution in [2.75, 3.05) is 26.9 Å². The molecule has 0 heterocycles. The minimum atomic E-state index is -3.84. The van der Waals surface area contributed by atoms with E-state index in [1.165, 1.54) is 7.11 Å². The molecule has 2 aromatic carbocycles. The molecule has 7 N–H and O–H groups in total. The minimum Gasteiger partial charge on any atom is -0.495 e. The van der Waals surface area contributed by atoms with E-state index in [0.717, 1.165) is 11.3 Å². The number of primary sulfonamides is 1. The van der Waals surface area contributed by atoms with Crippen molar-refractivity contribution in [1.82, 2.24) is 5.32 Å². The van der Waals surface area contributed by atoms with Gasteiger partial charge in [0.2, 0.25) is 10.0 Å². The SMILES string of the molecule is CCOc1ccccc1OCCN[C@@H](C)Cc1ccc(OC)c(S(N)(=O)=O)c1.O.O=C(O)CCCCC(=O)O. The number of nitrogens with two attached hydrogens (primary N) is 1. The Labute approximate surface area is 229 Å². The van der Waals surface area contributed by atoms with E-state index in [2.05, 4.69) is 5.32 Å². The summed E-state index contributed by atoms with van der Waals surface area (Å²) in [7, 11) is -2.43. The monoisotopic (exact) mass is 572 g/mol. The molecule has 0 aliphatic carbocycles. The van der Waals surface area contributed by atoms with E-state index in [-0.39, 0.29) is 35.0 Å². The summed E-state index contributed by atoms with van der Waals surface area (Å²) in [5.41, 5.74) is 0.854. The smallest absolute Gasteiger partial charge is 0.303 e. The first-order valence-corrected chi connectivity index (χ1v) is 13.7. The van der Waals surface area contributed by atoms with Crippen LogP contribution in [0, 0.1) is 0 Å². The van der Waals surface area contributed by atoms with E-state index in [4.69, 9.17) is 29.6 Å². The Bertz CT molecular complexity index is 1110. The molecule has 2 rings (SSSR count). The van der Waals surface area contributed by atoms with E-state index in [9.17, 15) is 18.0 Å². The topological polar surface area (TPSA) is 206 Å². The van der Waals surface area contributed by atoms with Crippen molar-refractivity contribution in [3.05, 3.63) is 48.0 Å². The fourth-order valence-corrected chi connectivity index (χ4v) is 4.11. The van der Waals surface area contributed by atoms with Crippen molar-refractivity contribution >= 4 is 22.0 Å². The molecule has 0 saturated carbocycles. The molecular formula is C26H40N2O10S. The molecule has 0 aliphatic heterocycles. The van der Waals surface area contributed by atoms with Crippen molar-refractivity contribution in [1.29, 1.82) is 0 Å². The van der Waals surface area contributed by atoms with E-state index in [1.54, 1.807) is 12.1 Å². The van der Waals surface area contributed by atoms with Gasteiger partial charge >= 0.3 is 11.9 Å². The average Bonchev–Trinajstić information content (AvgIpc) is 2.85. The van der Waals surface area contributed by atoms with Gasteiger partial charge in [0, 0.05) is 25.4 Å². The Kier molecular flexibility index (Phi) is 17.2. The van der Waals surface area contributed by atoms with Gasteiger partial charge in [-0.3, -0.25) is 9.59 Å². The van der Waals surface area contributed by atoms with Crippen LogP contribution in [0.15, 0.2) is 47.4 Å². The Morgan fingerprint density at radius 3 is 2.03 bits per heavy atom. The third kappa shape index (κ3) is 15.0. The molecule has 0 spiro atoms. The minimum absolute atomic E-state index is 0. The van der Waals surface area contributed by atoms with Gasteiger partial charge in [-0.1, -0.05) is 18.2 Å². The molecule has 12 nitrogen and oxygen atoms in total. The number of aliphatic carboxylic acids is 2. The number of carboxylic acids is 2. The van der Waals surface area contributed by atoms with Crippen molar-refractivity contribution in [2.24, 2.45) is 5.14 Å². The third-order valence-corrected chi connectivity index (χ3v) is 6.04. The van der Waals surface area contributed by atoms with Gasteiger partial charge in [-0.25, -0.2) is 13.6 Å². The highest BCUT2D eigenvalue weighted by Crippen LogP contribution is 2.26. The molecule has 0 bridgehead atoms. The zero-order valence-electron chi connectivity index (χ0n) is 22.5. The molecular weight excluding hydrogens is 532 g/mol. The standard InChI is InChI=1S/C20H28N2O5S.C6H10O4.H2O/c1-4-26-17-7-5-6-8-18(17)27-12-11-22-15(2)13-16-9-10-19(25-3)20(14-16)28(21,23)24;7-5(8)3-1-2-4-6(9)10;/h5-10,14-15,22H,4,11-13H2,1-3H3,(H2,21,23,24);1-4H2,(H,7,8)(H,9,10);1H2/t15-;;/m0../s1. The lowest BCUT2D eigenvalue weighted by Gasteiger charge is -2.16. The zero-order chi connectivity index (χ0) is 28.6. The van der Waals surface area contributed by atoms with Gasteiger partial charge in [-0.2, -0.15) is 0 Å². The lowest BCUT2D eigenvalue weighted by molar-refractivity contribution is -0.139. The number of unbranched alkanes of at least 4 members (excludes halogenated alkanes) is 1. The van der Waals surface area contributed by atoms with Gasteiger partial charge in [0.15, 0.2) is 11.5 Å². The maximum absolute atomic E-state index is 11.7. The van der Waals surface area contributed by atoms with Crippen LogP contribution in [0.1, 0.15) is 45.1 Å². The summed E-state index contributed by atoms with van der Waals surface area (Å²) in [6.45, 7) is 5.66. The lowest BCUT2D eigenvalue weighted by atomic mass is 10.1. The summed E-state index contributed by atoms with van der Waals surface area (Å²) in [5.74, 6) is -0.0532. The molecule has 1 atom stereocenters. The van der Waals surface area contributed by atoms with Crippen molar-refractivity contribution < 1.29 is 47.9 Å². The summed E-state index contributed by atoms with van der Waals surface area (Å²) < 4.78 is 39.9. The van der Waals surface area contributed by atoms with E-state index < -0.39 is 22.0 Å². The van der Waals surface area contributed by atoms with Crippen molar-refractivity contribution in [3.63, 3.8) is 0 Å². The summed E-state index contributed by atoms with van der Waals surface area (Å²) in [6, 6.07) is 12.7. The number of rotatable bonds is 16. The number of hydrogen-bond acceptors (Lipinski definition) is 8. The molecule has 0 fully saturated rings. The van der Waals surface area contributed by atoms with E-state index >= 15 is 0 Å². The highest BCUT2D eigenvalue weighted by Gasteiger charge is 2.16. The Balaban J connectivity index is 0.00000112. The maximum atomic E-state index is 11.7. The second-order valence-corrected chi connectivity index (χ2v) is 9.84. The maximum Gasteiger partial charge on any atom is 0.303 e. The molecule has 13 heteroatoms.